The number of carbonyl (C=O) groups is 1. The van der Waals surface area contributed by atoms with E-state index in [1.807, 2.05) is 6.07 Å². The number of carbonyl (C=O) groups excluding carboxylic acids is 1. The summed E-state index contributed by atoms with van der Waals surface area (Å²) in [5.41, 5.74) is 1.49. The lowest BCUT2D eigenvalue weighted by atomic mass is 10.0. The lowest BCUT2D eigenvalue weighted by Gasteiger charge is -2.23. The number of likely N-dealkylation sites (tertiary alicyclic amines) is 1. The molecule has 0 radical (unpaired) electrons. The summed E-state index contributed by atoms with van der Waals surface area (Å²) in [6.45, 7) is 0.736. The van der Waals surface area contributed by atoms with Crippen molar-refractivity contribution in [3.05, 3.63) is 33.9 Å². The number of benzene rings is 1. The minimum absolute atomic E-state index is 0.0309. The molecular formula is C17H19Cl2N5O2. The van der Waals surface area contributed by atoms with E-state index in [-0.39, 0.29) is 6.04 Å². The first kappa shape index (κ1) is 18.5. The van der Waals surface area contributed by atoms with Gasteiger partial charge in [0.05, 0.1) is 30.1 Å². The molecule has 2 heterocycles. The highest BCUT2D eigenvalue weighted by molar-refractivity contribution is 6.33. The molecule has 7 nitrogen and oxygen atoms in total. The number of anilines is 3. The first-order valence-electron chi connectivity index (χ1n) is 8.13. The van der Waals surface area contributed by atoms with E-state index in [9.17, 15) is 4.79 Å². The van der Waals surface area contributed by atoms with Gasteiger partial charge in [-0.2, -0.15) is 4.98 Å². The summed E-state index contributed by atoms with van der Waals surface area (Å²) in [7, 11) is 3.32. The summed E-state index contributed by atoms with van der Waals surface area (Å²) in [4.78, 5) is 21.5. The standard InChI is InChI=1S/C17H19Cl2N5O2/c1-20-16-12(19)8-21-17(23-16)22-13-7-15(26-2)10(6-11(13)18)14-4-3-5-24(14)9-25/h6-9,14H,3-5H2,1-2H3,(H2,20,21,22,23). The van der Waals surface area contributed by atoms with Gasteiger partial charge >= 0.3 is 0 Å². The van der Waals surface area contributed by atoms with Crippen molar-refractivity contribution in [2.24, 2.45) is 0 Å². The highest BCUT2D eigenvalue weighted by Crippen LogP contribution is 2.41. The molecule has 2 N–H and O–H groups in total. The zero-order valence-electron chi connectivity index (χ0n) is 14.4. The van der Waals surface area contributed by atoms with E-state index < -0.39 is 0 Å². The van der Waals surface area contributed by atoms with Gasteiger partial charge in [0.2, 0.25) is 12.4 Å². The zero-order valence-corrected chi connectivity index (χ0v) is 15.9. The van der Waals surface area contributed by atoms with Gasteiger partial charge in [0.15, 0.2) is 0 Å². The van der Waals surface area contributed by atoms with Crippen LogP contribution in [0, 0.1) is 0 Å². The fraction of sp³-hybridized carbons (Fsp3) is 0.353. The van der Waals surface area contributed by atoms with Crippen LogP contribution in [0.25, 0.3) is 0 Å². The van der Waals surface area contributed by atoms with Crippen molar-refractivity contribution < 1.29 is 9.53 Å². The van der Waals surface area contributed by atoms with E-state index in [2.05, 4.69) is 20.6 Å². The fourth-order valence-corrected chi connectivity index (χ4v) is 3.48. The predicted octanol–water partition coefficient (Wildman–Crippen LogP) is 3.87. The zero-order chi connectivity index (χ0) is 18.7. The highest BCUT2D eigenvalue weighted by atomic mass is 35.5. The van der Waals surface area contributed by atoms with E-state index in [4.69, 9.17) is 27.9 Å². The van der Waals surface area contributed by atoms with Crippen LogP contribution in [-0.2, 0) is 4.79 Å². The molecule has 0 bridgehead atoms. The Kier molecular flexibility index (Phi) is 5.68. The summed E-state index contributed by atoms with van der Waals surface area (Å²) in [5, 5.41) is 6.89. The largest absolute Gasteiger partial charge is 0.496 e. The molecular weight excluding hydrogens is 377 g/mol. The normalized spacial score (nSPS) is 16.5. The minimum Gasteiger partial charge on any atom is -0.496 e. The Balaban J connectivity index is 1.93. The van der Waals surface area contributed by atoms with Crippen molar-refractivity contribution in [3.63, 3.8) is 0 Å². The van der Waals surface area contributed by atoms with E-state index in [0.717, 1.165) is 31.4 Å². The van der Waals surface area contributed by atoms with Crippen LogP contribution in [-0.4, -0.2) is 42.0 Å². The highest BCUT2D eigenvalue weighted by Gasteiger charge is 2.28. The van der Waals surface area contributed by atoms with E-state index in [1.165, 1.54) is 6.20 Å². The van der Waals surface area contributed by atoms with Crippen LogP contribution >= 0.6 is 23.2 Å². The average Bonchev–Trinajstić information content (AvgIpc) is 3.13. The molecule has 1 atom stereocenters. The molecule has 0 spiro atoms. The van der Waals surface area contributed by atoms with Crippen molar-refractivity contribution >= 4 is 47.1 Å². The fourth-order valence-electron chi connectivity index (χ4n) is 3.07. The molecule has 2 aromatic rings. The van der Waals surface area contributed by atoms with Crippen LogP contribution in [0.3, 0.4) is 0 Å². The van der Waals surface area contributed by atoms with Crippen molar-refractivity contribution in [2.45, 2.75) is 18.9 Å². The number of aromatic nitrogens is 2. The quantitative estimate of drug-likeness (QED) is 0.722. The Morgan fingerprint density at radius 3 is 2.85 bits per heavy atom. The first-order chi connectivity index (χ1) is 12.6. The number of halogens is 2. The maximum absolute atomic E-state index is 11.3. The number of methoxy groups -OCH3 is 1. The Morgan fingerprint density at radius 1 is 1.35 bits per heavy atom. The van der Waals surface area contributed by atoms with Crippen LogP contribution in [0.4, 0.5) is 17.5 Å². The molecule has 1 fully saturated rings. The number of hydrogen-bond acceptors (Lipinski definition) is 6. The maximum atomic E-state index is 11.3. The lowest BCUT2D eigenvalue weighted by Crippen LogP contribution is -2.21. The number of nitrogens with one attached hydrogen (secondary N) is 2. The summed E-state index contributed by atoms with van der Waals surface area (Å²) in [6.07, 6.45) is 4.21. The Labute approximate surface area is 161 Å². The number of nitrogens with zero attached hydrogens (tertiary/aromatic N) is 3. The number of amides is 1. The summed E-state index contributed by atoms with van der Waals surface area (Å²) in [5.74, 6) is 1.51. The van der Waals surface area contributed by atoms with Gasteiger partial charge < -0.3 is 20.3 Å². The van der Waals surface area contributed by atoms with Gasteiger partial charge in [0.25, 0.3) is 0 Å². The predicted molar refractivity (Wildman–Crippen MR) is 103 cm³/mol. The third-order valence-electron chi connectivity index (χ3n) is 4.34. The SMILES string of the molecule is CNc1nc(Nc2cc(OC)c(C3CCCN3C=O)cc2Cl)ncc1Cl. The molecule has 3 rings (SSSR count). The van der Waals surface area contributed by atoms with Gasteiger partial charge in [0, 0.05) is 25.2 Å². The Morgan fingerprint density at radius 2 is 2.15 bits per heavy atom. The summed E-state index contributed by atoms with van der Waals surface area (Å²) in [6, 6.07) is 3.58. The number of ether oxygens (including phenoxy) is 1. The molecule has 1 saturated heterocycles. The van der Waals surface area contributed by atoms with Gasteiger partial charge in [0.1, 0.15) is 16.6 Å². The second-order valence-corrected chi connectivity index (χ2v) is 6.65. The van der Waals surface area contributed by atoms with Gasteiger partial charge in [-0.05, 0) is 18.9 Å². The van der Waals surface area contributed by atoms with Gasteiger partial charge in [-0.1, -0.05) is 23.2 Å². The van der Waals surface area contributed by atoms with Crippen LogP contribution in [0.1, 0.15) is 24.4 Å². The second kappa shape index (κ2) is 7.97. The smallest absolute Gasteiger partial charge is 0.229 e. The Bertz CT molecular complexity index is 818. The Hall–Kier alpha value is -2.25. The van der Waals surface area contributed by atoms with Crippen molar-refractivity contribution in [3.8, 4) is 5.75 Å². The van der Waals surface area contributed by atoms with Crippen LogP contribution in [0.15, 0.2) is 18.3 Å². The molecule has 1 aromatic heterocycles. The molecule has 9 heteroatoms. The van der Waals surface area contributed by atoms with E-state index in [0.29, 0.717) is 33.2 Å². The maximum Gasteiger partial charge on any atom is 0.229 e. The van der Waals surface area contributed by atoms with Crippen molar-refractivity contribution in [1.29, 1.82) is 0 Å². The first-order valence-corrected chi connectivity index (χ1v) is 8.88. The minimum atomic E-state index is -0.0309. The molecule has 1 unspecified atom stereocenters. The lowest BCUT2D eigenvalue weighted by molar-refractivity contribution is -0.118. The monoisotopic (exact) mass is 395 g/mol. The third kappa shape index (κ3) is 3.64. The summed E-state index contributed by atoms with van der Waals surface area (Å²) >= 11 is 12.5. The van der Waals surface area contributed by atoms with E-state index >= 15 is 0 Å². The molecule has 138 valence electrons. The number of hydrogen-bond donors (Lipinski definition) is 2. The topological polar surface area (TPSA) is 79.4 Å². The van der Waals surface area contributed by atoms with Crippen LogP contribution in [0.2, 0.25) is 10.0 Å². The number of rotatable bonds is 6. The summed E-state index contributed by atoms with van der Waals surface area (Å²) < 4.78 is 5.53. The second-order valence-electron chi connectivity index (χ2n) is 5.84. The third-order valence-corrected chi connectivity index (χ3v) is 4.92. The van der Waals surface area contributed by atoms with Gasteiger partial charge in [-0.15, -0.1) is 0 Å². The van der Waals surface area contributed by atoms with Gasteiger partial charge in [-0.3, -0.25) is 4.79 Å². The van der Waals surface area contributed by atoms with Crippen molar-refractivity contribution in [2.75, 3.05) is 31.3 Å². The molecule has 0 saturated carbocycles. The molecule has 1 aromatic carbocycles. The molecule has 1 aliphatic heterocycles. The van der Waals surface area contributed by atoms with Crippen LogP contribution < -0.4 is 15.4 Å². The molecule has 1 aliphatic rings. The van der Waals surface area contributed by atoms with Crippen LogP contribution in [0.5, 0.6) is 5.75 Å². The van der Waals surface area contributed by atoms with Gasteiger partial charge in [-0.25, -0.2) is 4.98 Å². The average molecular weight is 396 g/mol. The molecule has 1 amide bonds. The van der Waals surface area contributed by atoms with Crippen molar-refractivity contribution in [1.82, 2.24) is 14.9 Å². The van der Waals surface area contributed by atoms with E-state index in [1.54, 1.807) is 25.1 Å². The molecule has 0 aliphatic carbocycles. The molecule has 26 heavy (non-hydrogen) atoms.